The first-order valence-corrected chi connectivity index (χ1v) is 7.39. The first-order valence-electron chi connectivity index (χ1n) is 5.90. The van der Waals surface area contributed by atoms with Crippen molar-refractivity contribution in [2.45, 2.75) is 11.3 Å². The van der Waals surface area contributed by atoms with Crippen molar-refractivity contribution in [1.29, 1.82) is 0 Å². The van der Waals surface area contributed by atoms with Gasteiger partial charge in [0.1, 0.15) is 10.6 Å². The standard InChI is InChI=1S/C13H11F3N2O3S/c14-13(15,16)21-10-7-5-9(6-8-10)18-22(19,20)12-4-2-1-3-11(12)17/h1-8,18H,17H2. The Morgan fingerprint density at radius 3 is 2.14 bits per heavy atom. The van der Waals surface area contributed by atoms with E-state index >= 15 is 0 Å². The molecule has 0 bridgehead atoms. The van der Waals surface area contributed by atoms with Crippen molar-refractivity contribution < 1.29 is 26.3 Å². The summed E-state index contributed by atoms with van der Waals surface area (Å²) in [6.07, 6.45) is -4.81. The Morgan fingerprint density at radius 1 is 1.00 bits per heavy atom. The molecule has 0 aromatic heterocycles. The van der Waals surface area contributed by atoms with E-state index in [1.54, 1.807) is 6.07 Å². The molecule has 22 heavy (non-hydrogen) atoms. The molecule has 0 aliphatic carbocycles. The van der Waals surface area contributed by atoms with Crippen molar-refractivity contribution in [3.8, 4) is 5.75 Å². The predicted octanol–water partition coefficient (Wildman–Crippen LogP) is 2.97. The Morgan fingerprint density at radius 2 is 1.59 bits per heavy atom. The largest absolute Gasteiger partial charge is 0.573 e. The summed E-state index contributed by atoms with van der Waals surface area (Å²) in [6.45, 7) is 0. The molecule has 0 spiro atoms. The highest BCUT2D eigenvalue weighted by Gasteiger charge is 2.31. The van der Waals surface area contributed by atoms with Crippen LogP contribution in [0.3, 0.4) is 0 Å². The highest BCUT2D eigenvalue weighted by atomic mass is 32.2. The van der Waals surface area contributed by atoms with Gasteiger partial charge in [0.25, 0.3) is 10.0 Å². The molecule has 9 heteroatoms. The normalized spacial score (nSPS) is 12.0. The highest BCUT2D eigenvalue weighted by molar-refractivity contribution is 7.92. The molecule has 0 aliphatic rings. The number of alkyl halides is 3. The molecule has 5 nitrogen and oxygen atoms in total. The number of rotatable bonds is 4. The molecule has 0 fully saturated rings. The summed E-state index contributed by atoms with van der Waals surface area (Å²) in [5.41, 5.74) is 5.73. The number of nitrogen functional groups attached to an aromatic ring is 1. The van der Waals surface area contributed by atoms with Crippen LogP contribution in [0.5, 0.6) is 5.75 Å². The number of anilines is 2. The first kappa shape index (κ1) is 16.0. The van der Waals surface area contributed by atoms with Gasteiger partial charge in [-0.3, -0.25) is 4.72 Å². The Bertz CT molecular complexity index is 759. The van der Waals surface area contributed by atoms with Crippen LogP contribution in [-0.4, -0.2) is 14.8 Å². The molecule has 2 aromatic carbocycles. The number of para-hydroxylation sites is 1. The van der Waals surface area contributed by atoms with Crippen LogP contribution in [0.2, 0.25) is 0 Å². The van der Waals surface area contributed by atoms with Crippen LogP contribution in [0.15, 0.2) is 53.4 Å². The van der Waals surface area contributed by atoms with Crippen LogP contribution in [0.4, 0.5) is 24.5 Å². The third-order valence-electron chi connectivity index (χ3n) is 2.55. The minimum atomic E-state index is -4.81. The number of sulfonamides is 1. The van der Waals surface area contributed by atoms with Crippen molar-refractivity contribution in [1.82, 2.24) is 0 Å². The Hall–Kier alpha value is -2.42. The maximum atomic E-state index is 12.1. The molecule has 0 unspecified atom stereocenters. The Kier molecular flexibility index (Phi) is 4.18. The third-order valence-corrected chi connectivity index (χ3v) is 4.00. The van der Waals surface area contributed by atoms with E-state index in [4.69, 9.17) is 5.73 Å². The molecule has 0 amide bonds. The Balaban J connectivity index is 2.19. The Labute approximate surface area is 124 Å². The predicted molar refractivity (Wildman–Crippen MR) is 74.8 cm³/mol. The fourth-order valence-corrected chi connectivity index (χ4v) is 2.85. The molecule has 0 aliphatic heterocycles. The van der Waals surface area contributed by atoms with Gasteiger partial charge in [-0.2, -0.15) is 0 Å². The molecule has 0 heterocycles. The number of hydrogen-bond donors (Lipinski definition) is 2. The second-order valence-corrected chi connectivity index (χ2v) is 5.87. The zero-order valence-corrected chi connectivity index (χ0v) is 11.8. The maximum absolute atomic E-state index is 12.1. The molecule has 0 saturated heterocycles. The van der Waals surface area contributed by atoms with Gasteiger partial charge in [0.2, 0.25) is 0 Å². The van der Waals surface area contributed by atoms with Crippen LogP contribution in [0.1, 0.15) is 0 Å². The van der Waals surface area contributed by atoms with E-state index in [1.807, 2.05) is 0 Å². The zero-order valence-electron chi connectivity index (χ0n) is 11.0. The van der Waals surface area contributed by atoms with Crippen molar-refractivity contribution in [3.63, 3.8) is 0 Å². The van der Waals surface area contributed by atoms with E-state index in [1.165, 1.54) is 18.2 Å². The second-order valence-electron chi connectivity index (χ2n) is 4.22. The van der Waals surface area contributed by atoms with Gasteiger partial charge in [0.15, 0.2) is 0 Å². The van der Waals surface area contributed by atoms with Crippen LogP contribution >= 0.6 is 0 Å². The molecular weight excluding hydrogens is 321 g/mol. The van der Waals surface area contributed by atoms with Crippen molar-refractivity contribution in [3.05, 3.63) is 48.5 Å². The number of hydrogen-bond acceptors (Lipinski definition) is 4. The fraction of sp³-hybridized carbons (Fsp3) is 0.0769. The summed E-state index contributed by atoms with van der Waals surface area (Å²) in [4.78, 5) is -0.120. The summed E-state index contributed by atoms with van der Waals surface area (Å²) < 4.78 is 66.3. The van der Waals surface area contributed by atoms with E-state index in [9.17, 15) is 21.6 Å². The first-order chi connectivity index (χ1) is 10.2. The number of ether oxygens (including phenoxy) is 1. The van der Waals surface area contributed by atoms with Gasteiger partial charge in [-0.1, -0.05) is 12.1 Å². The lowest BCUT2D eigenvalue weighted by molar-refractivity contribution is -0.274. The van der Waals surface area contributed by atoms with E-state index < -0.39 is 22.1 Å². The molecule has 118 valence electrons. The SMILES string of the molecule is Nc1ccccc1S(=O)(=O)Nc1ccc(OC(F)(F)F)cc1. The van der Waals surface area contributed by atoms with Crippen LogP contribution < -0.4 is 15.2 Å². The smallest absolute Gasteiger partial charge is 0.406 e. The van der Waals surface area contributed by atoms with Crippen LogP contribution in [0, 0.1) is 0 Å². The summed E-state index contributed by atoms with van der Waals surface area (Å²) in [7, 11) is -3.93. The second kappa shape index (κ2) is 5.76. The lowest BCUT2D eigenvalue weighted by atomic mass is 10.3. The van der Waals surface area contributed by atoms with Crippen LogP contribution in [-0.2, 0) is 10.0 Å². The van der Waals surface area contributed by atoms with Gasteiger partial charge >= 0.3 is 6.36 Å². The average Bonchev–Trinajstić information content (AvgIpc) is 2.39. The van der Waals surface area contributed by atoms with Crippen molar-refractivity contribution in [2.24, 2.45) is 0 Å². The van der Waals surface area contributed by atoms with Gasteiger partial charge in [-0.25, -0.2) is 8.42 Å². The summed E-state index contributed by atoms with van der Waals surface area (Å²) >= 11 is 0. The van der Waals surface area contributed by atoms with Gasteiger partial charge in [-0.15, -0.1) is 13.2 Å². The molecular formula is C13H11F3N2O3S. The minimum absolute atomic E-state index is 0.0621. The quantitative estimate of drug-likeness (QED) is 0.844. The molecule has 0 atom stereocenters. The van der Waals surface area contributed by atoms with Gasteiger partial charge in [-0.05, 0) is 36.4 Å². The number of benzene rings is 2. The van der Waals surface area contributed by atoms with E-state index in [2.05, 4.69) is 9.46 Å². The molecule has 0 saturated carbocycles. The van der Waals surface area contributed by atoms with Crippen molar-refractivity contribution in [2.75, 3.05) is 10.5 Å². The fourth-order valence-electron chi connectivity index (χ4n) is 1.66. The van der Waals surface area contributed by atoms with E-state index in [0.717, 1.165) is 24.3 Å². The summed E-state index contributed by atoms with van der Waals surface area (Å²) in [6, 6.07) is 10.1. The maximum Gasteiger partial charge on any atom is 0.573 e. The van der Waals surface area contributed by atoms with Gasteiger partial charge in [0.05, 0.1) is 5.69 Å². The van der Waals surface area contributed by atoms with E-state index in [-0.39, 0.29) is 16.3 Å². The number of halogens is 3. The van der Waals surface area contributed by atoms with E-state index in [0.29, 0.717) is 0 Å². The molecule has 2 aromatic rings. The topological polar surface area (TPSA) is 81.4 Å². The minimum Gasteiger partial charge on any atom is -0.406 e. The number of nitrogens with two attached hydrogens (primary N) is 1. The molecule has 0 radical (unpaired) electrons. The van der Waals surface area contributed by atoms with Crippen molar-refractivity contribution >= 4 is 21.4 Å². The highest BCUT2D eigenvalue weighted by Crippen LogP contribution is 2.26. The average molecular weight is 332 g/mol. The van der Waals surface area contributed by atoms with Crippen LogP contribution in [0.25, 0.3) is 0 Å². The number of nitrogens with one attached hydrogen (secondary N) is 1. The third kappa shape index (κ3) is 4.04. The zero-order chi connectivity index (χ0) is 16.4. The summed E-state index contributed by atoms with van der Waals surface area (Å²) in [5, 5.41) is 0. The lowest BCUT2D eigenvalue weighted by Crippen LogP contribution is -2.17. The van der Waals surface area contributed by atoms with Gasteiger partial charge < -0.3 is 10.5 Å². The molecule has 2 rings (SSSR count). The molecule has 3 N–H and O–H groups in total. The monoisotopic (exact) mass is 332 g/mol. The van der Waals surface area contributed by atoms with Gasteiger partial charge in [0, 0.05) is 5.69 Å². The lowest BCUT2D eigenvalue weighted by Gasteiger charge is -2.11. The summed E-state index contributed by atoms with van der Waals surface area (Å²) in [5.74, 6) is -0.449.